The van der Waals surface area contributed by atoms with Gasteiger partial charge in [0.15, 0.2) is 5.12 Å². The molecule has 1 N–H and O–H groups in total. The van der Waals surface area contributed by atoms with Gasteiger partial charge in [-0.3, -0.25) is 4.79 Å². The second-order valence-electron chi connectivity index (χ2n) is 5.68. The maximum Gasteiger partial charge on any atom is 0.416 e. The number of hydrogen-bond donors (Lipinski definition) is 1. The fourth-order valence-electron chi connectivity index (χ4n) is 2.41. The first-order chi connectivity index (χ1) is 12.5. The van der Waals surface area contributed by atoms with Gasteiger partial charge in [-0.2, -0.15) is 26.3 Å². The summed E-state index contributed by atoms with van der Waals surface area (Å²) < 4.78 is 75.2. The normalized spacial score (nSPS) is 14.6. The zero-order chi connectivity index (χ0) is 20.2. The number of benzene rings is 2. The summed E-state index contributed by atoms with van der Waals surface area (Å²) in [5.74, 6) is -2.77. The van der Waals surface area contributed by atoms with Crippen molar-refractivity contribution < 1.29 is 36.2 Å². The van der Waals surface area contributed by atoms with Gasteiger partial charge < -0.3 is 5.11 Å². The highest BCUT2D eigenvalue weighted by Crippen LogP contribution is 2.37. The fraction of sp³-hybridized carbons (Fsp3) is 0.278. The lowest BCUT2D eigenvalue weighted by Crippen LogP contribution is -2.21. The Kier molecular flexibility index (Phi) is 6.59. The lowest BCUT2D eigenvalue weighted by Gasteiger charge is -2.23. The van der Waals surface area contributed by atoms with Crippen LogP contribution in [0.4, 0.5) is 26.3 Å². The first kappa shape index (κ1) is 21.3. The van der Waals surface area contributed by atoms with Crippen molar-refractivity contribution in [3.8, 4) is 0 Å². The van der Waals surface area contributed by atoms with Crippen LogP contribution in [-0.4, -0.2) is 22.2 Å². The predicted octanol–water partition coefficient (Wildman–Crippen LogP) is 5.34. The lowest BCUT2D eigenvalue weighted by molar-refractivity contribution is -0.137. The topological polar surface area (TPSA) is 37.3 Å². The first-order valence-corrected chi connectivity index (χ1v) is 8.61. The summed E-state index contributed by atoms with van der Waals surface area (Å²) in [4.78, 5) is 12.4. The largest absolute Gasteiger partial charge is 0.416 e. The standard InChI is InChI=1S/C18H14F6O2S/c19-17(20,21)10-27-16(26)14(11-4-2-1-3-5-11)15(25)12-6-8-13(9-7-12)18(22,23)24/h1-9,14-15,25H,10H2/t14-,15+/m0/s1. The van der Waals surface area contributed by atoms with Gasteiger partial charge in [0, 0.05) is 0 Å². The van der Waals surface area contributed by atoms with Gasteiger partial charge in [0.2, 0.25) is 0 Å². The molecule has 0 aliphatic rings. The molecule has 2 aromatic rings. The fourth-order valence-corrected chi connectivity index (χ4v) is 3.16. The molecular formula is C18H14F6O2S. The molecule has 0 heterocycles. The molecule has 27 heavy (non-hydrogen) atoms. The molecule has 0 amide bonds. The molecule has 2 rings (SSSR count). The SMILES string of the molecule is O=C(SCC(F)(F)F)[C@@H](c1ccccc1)[C@H](O)c1ccc(C(F)(F)F)cc1. The van der Waals surface area contributed by atoms with Gasteiger partial charge in [-0.1, -0.05) is 54.2 Å². The molecule has 2 aromatic carbocycles. The summed E-state index contributed by atoms with van der Waals surface area (Å²) in [6.45, 7) is 0. The van der Waals surface area contributed by atoms with Crippen LogP contribution < -0.4 is 0 Å². The zero-order valence-electron chi connectivity index (χ0n) is 13.6. The summed E-state index contributed by atoms with van der Waals surface area (Å²) in [6, 6.07) is 11.1. The van der Waals surface area contributed by atoms with Crippen LogP contribution in [0.15, 0.2) is 54.6 Å². The highest BCUT2D eigenvalue weighted by Gasteiger charge is 2.35. The van der Waals surface area contributed by atoms with E-state index in [1.54, 1.807) is 18.2 Å². The number of alkyl halides is 6. The number of aliphatic hydroxyl groups is 1. The monoisotopic (exact) mass is 408 g/mol. The number of halogens is 6. The Bertz CT molecular complexity index is 756. The third kappa shape index (κ3) is 6.00. The van der Waals surface area contributed by atoms with Crippen molar-refractivity contribution in [2.75, 3.05) is 5.75 Å². The average molecular weight is 408 g/mol. The van der Waals surface area contributed by atoms with Crippen molar-refractivity contribution in [2.24, 2.45) is 0 Å². The summed E-state index contributed by atoms with van der Waals surface area (Å²) in [5.41, 5.74) is -0.671. The Morgan fingerprint density at radius 3 is 1.93 bits per heavy atom. The molecule has 0 bridgehead atoms. The second-order valence-corrected chi connectivity index (χ2v) is 6.66. The lowest BCUT2D eigenvalue weighted by atomic mass is 9.90. The van der Waals surface area contributed by atoms with Crippen LogP contribution in [0, 0.1) is 0 Å². The molecule has 0 saturated heterocycles. The molecule has 9 heteroatoms. The van der Waals surface area contributed by atoms with Crippen LogP contribution in [0.1, 0.15) is 28.7 Å². The van der Waals surface area contributed by atoms with Crippen LogP contribution in [0.2, 0.25) is 0 Å². The van der Waals surface area contributed by atoms with Crippen LogP contribution >= 0.6 is 11.8 Å². The molecule has 0 fully saturated rings. The molecule has 0 aromatic heterocycles. The van der Waals surface area contributed by atoms with E-state index in [-0.39, 0.29) is 22.9 Å². The molecule has 146 valence electrons. The summed E-state index contributed by atoms with van der Waals surface area (Å²) in [6.07, 6.45) is -10.7. The Labute approximate surface area is 155 Å². The average Bonchev–Trinajstić information content (AvgIpc) is 2.60. The third-order valence-electron chi connectivity index (χ3n) is 3.69. The molecule has 0 radical (unpaired) electrons. The summed E-state index contributed by atoms with van der Waals surface area (Å²) in [5, 5.41) is 9.61. The van der Waals surface area contributed by atoms with E-state index in [4.69, 9.17) is 0 Å². The van der Waals surface area contributed by atoms with E-state index in [0.29, 0.717) is 0 Å². The maximum absolute atomic E-state index is 12.7. The molecule has 0 aliphatic heterocycles. The molecule has 2 nitrogen and oxygen atoms in total. The zero-order valence-corrected chi connectivity index (χ0v) is 14.4. The third-order valence-corrected chi connectivity index (χ3v) is 4.70. The van der Waals surface area contributed by atoms with Crippen LogP contribution in [0.5, 0.6) is 0 Å². The van der Waals surface area contributed by atoms with Gasteiger partial charge in [0.05, 0.1) is 23.3 Å². The minimum Gasteiger partial charge on any atom is -0.387 e. The first-order valence-electron chi connectivity index (χ1n) is 7.62. The van der Waals surface area contributed by atoms with Crippen molar-refractivity contribution in [3.05, 3.63) is 71.3 Å². The number of hydrogen-bond acceptors (Lipinski definition) is 3. The summed E-state index contributed by atoms with van der Waals surface area (Å²) >= 11 is 0.0128. The number of thioether (sulfide) groups is 1. The highest BCUT2D eigenvalue weighted by molar-refractivity contribution is 8.13. The van der Waals surface area contributed by atoms with Crippen molar-refractivity contribution in [1.29, 1.82) is 0 Å². The quantitative estimate of drug-likeness (QED) is 0.679. The molecule has 0 saturated carbocycles. The van der Waals surface area contributed by atoms with E-state index in [9.17, 15) is 36.2 Å². The van der Waals surface area contributed by atoms with Crippen LogP contribution in [0.3, 0.4) is 0 Å². The van der Waals surface area contributed by atoms with Crippen LogP contribution in [-0.2, 0) is 11.0 Å². The minimum atomic E-state index is -4.57. The number of aliphatic hydroxyl groups excluding tert-OH is 1. The maximum atomic E-state index is 12.7. The second kappa shape index (κ2) is 8.35. The van der Waals surface area contributed by atoms with E-state index in [2.05, 4.69) is 0 Å². The highest BCUT2D eigenvalue weighted by atomic mass is 32.2. The Morgan fingerprint density at radius 2 is 1.44 bits per heavy atom. The summed E-state index contributed by atoms with van der Waals surface area (Å²) in [7, 11) is 0. The van der Waals surface area contributed by atoms with Gasteiger partial charge in [0.1, 0.15) is 0 Å². The van der Waals surface area contributed by atoms with Crippen molar-refractivity contribution >= 4 is 16.9 Å². The van der Waals surface area contributed by atoms with E-state index in [1.165, 1.54) is 12.1 Å². The number of carbonyl (C=O) groups is 1. The Hall–Kier alpha value is -2.00. The van der Waals surface area contributed by atoms with Crippen molar-refractivity contribution in [2.45, 2.75) is 24.4 Å². The van der Waals surface area contributed by atoms with Crippen LogP contribution in [0.25, 0.3) is 0 Å². The van der Waals surface area contributed by atoms with Gasteiger partial charge in [-0.25, -0.2) is 0 Å². The molecule has 0 unspecified atom stereocenters. The molecule has 0 spiro atoms. The number of carbonyl (C=O) groups excluding carboxylic acids is 1. The number of rotatable bonds is 5. The van der Waals surface area contributed by atoms with E-state index >= 15 is 0 Å². The minimum absolute atomic E-state index is 0.00203. The van der Waals surface area contributed by atoms with Crippen molar-refractivity contribution in [1.82, 2.24) is 0 Å². The van der Waals surface area contributed by atoms with E-state index in [0.717, 1.165) is 24.3 Å². The Balaban J connectivity index is 2.31. The van der Waals surface area contributed by atoms with E-state index in [1.807, 2.05) is 0 Å². The van der Waals surface area contributed by atoms with Gasteiger partial charge >= 0.3 is 12.4 Å². The van der Waals surface area contributed by atoms with E-state index < -0.39 is 40.8 Å². The van der Waals surface area contributed by atoms with Gasteiger partial charge in [-0.15, -0.1) is 0 Å². The molecule has 0 aliphatic carbocycles. The predicted molar refractivity (Wildman–Crippen MR) is 89.1 cm³/mol. The molecule has 2 atom stereocenters. The smallest absolute Gasteiger partial charge is 0.387 e. The Morgan fingerprint density at radius 1 is 0.889 bits per heavy atom. The van der Waals surface area contributed by atoms with Gasteiger partial charge in [-0.05, 0) is 23.3 Å². The molecular weight excluding hydrogens is 394 g/mol. The van der Waals surface area contributed by atoms with Gasteiger partial charge in [0.25, 0.3) is 0 Å². The van der Waals surface area contributed by atoms with Crippen molar-refractivity contribution in [3.63, 3.8) is 0 Å².